The van der Waals surface area contributed by atoms with Crippen molar-refractivity contribution in [2.24, 2.45) is 0 Å². The molecular weight excluding hydrogens is 246 g/mol. The fourth-order valence-corrected chi connectivity index (χ4v) is 2.49. The molecule has 0 saturated carbocycles. The molecule has 102 valence electrons. The number of benzene rings is 1. The van der Waals surface area contributed by atoms with Gasteiger partial charge in [0.25, 0.3) is 0 Å². The van der Waals surface area contributed by atoms with Crippen LogP contribution in [-0.2, 0) is 13.0 Å². The van der Waals surface area contributed by atoms with Crippen LogP contribution in [0.3, 0.4) is 0 Å². The zero-order valence-corrected chi connectivity index (χ0v) is 11.8. The van der Waals surface area contributed by atoms with Crippen molar-refractivity contribution in [3.63, 3.8) is 0 Å². The molecule has 0 spiro atoms. The second kappa shape index (κ2) is 5.87. The molecule has 0 bridgehead atoms. The summed E-state index contributed by atoms with van der Waals surface area (Å²) >= 11 is 0. The van der Waals surface area contributed by atoms with Crippen molar-refractivity contribution in [1.82, 2.24) is 14.5 Å². The molecule has 2 heterocycles. The Labute approximate surface area is 119 Å². The minimum absolute atomic E-state index is 0.863. The summed E-state index contributed by atoms with van der Waals surface area (Å²) in [5, 5.41) is 0. The topological polar surface area (TPSA) is 30.7 Å². The molecule has 0 atom stereocenters. The minimum atomic E-state index is 0.863. The summed E-state index contributed by atoms with van der Waals surface area (Å²) in [4.78, 5) is 9.02. The summed E-state index contributed by atoms with van der Waals surface area (Å²) in [5.74, 6) is 1.17. The van der Waals surface area contributed by atoms with Crippen LogP contribution >= 0.6 is 0 Å². The first-order chi connectivity index (χ1) is 9.88. The standard InChI is InChI=1S/C17H19N3/c1-2-3-9-17-19-15-10-11-18-12-16(15)20(17)13-14-7-5-4-6-8-14/h4-8,10-12H,2-3,9,13H2,1H3. The van der Waals surface area contributed by atoms with Crippen molar-refractivity contribution in [2.75, 3.05) is 0 Å². The van der Waals surface area contributed by atoms with Crippen LogP contribution < -0.4 is 0 Å². The predicted molar refractivity (Wildman–Crippen MR) is 81.7 cm³/mol. The van der Waals surface area contributed by atoms with Gasteiger partial charge in [0.15, 0.2) is 0 Å². The molecule has 3 heteroatoms. The molecule has 0 amide bonds. The van der Waals surface area contributed by atoms with Gasteiger partial charge in [0.2, 0.25) is 0 Å². The first kappa shape index (κ1) is 12.9. The zero-order chi connectivity index (χ0) is 13.8. The van der Waals surface area contributed by atoms with Gasteiger partial charge in [0, 0.05) is 19.2 Å². The summed E-state index contributed by atoms with van der Waals surface area (Å²) in [6.07, 6.45) is 7.11. The second-order valence-corrected chi connectivity index (χ2v) is 5.07. The zero-order valence-electron chi connectivity index (χ0n) is 11.8. The Bertz CT molecular complexity index is 686. The van der Waals surface area contributed by atoms with Crippen molar-refractivity contribution in [1.29, 1.82) is 0 Å². The quantitative estimate of drug-likeness (QED) is 0.702. The third-order valence-electron chi connectivity index (χ3n) is 3.57. The van der Waals surface area contributed by atoms with Crippen LogP contribution in [-0.4, -0.2) is 14.5 Å². The van der Waals surface area contributed by atoms with E-state index in [9.17, 15) is 0 Å². The first-order valence-corrected chi connectivity index (χ1v) is 7.21. The molecule has 0 aliphatic heterocycles. The average Bonchev–Trinajstić information content (AvgIpc) is 2.84. The average molecular weight is 265 g/mol. The van der Waals surface area contributed by atoms with E-state index in [1.165, 1.54) is 24.2 Å². The summed E-state index contributed by atoms with van der Waals surface area (Å²) in [5.41, 5.74) is 3.47. The van der Waals surface area contributed by atoms with Gasteiger partial charge in [-0.1, -0.05) is 43.7 Å². The third-order valence-corrected chi connectivity index (χ3v) is 3.57. The van der Waals surface area contributed by atoms with Crippen LogP contribution in [0.4, 0.5) is 0 Å². The molecule has 0 N–H and O–H groups in total. The van der Waals surface area contributed by atoms with Crippen molar-refractivity contribution < 1.29 is 0 Å². The number of imidazole rings is 1. The summed E-state index contributed by atoms with van der Waals surface area (Å²) in [6, 6.07) is 12.5. The lowest BCUT2D eigenvalue weighted by Crippen LogP contribution is -2.05. The van der Waals surface area contributed by atoms with Gasteiger partial charge in [-0.15, -0.1) is 0 Å². The number of unbranched alkanes of at least 4 members (excludes halogenated alkanes) is 1. The molecule has 0 saturated heterocycles. The SMILES string of the molecule is CCCCc1nc2ccncc2n1Cc1ccccc1. The van der Waals surface area contributed by atoms with E-state index in [4.69, 9.17) is 4.98 Å². The molecular formula is C17H19N3. The summed E-state index contributed by atoms with van der Waals surface area (Å²) < 4.78 is 2.30. The van der Waals surface area contributed by atoms with Crippen LogP contribution in [0.2, 0.25) is 0 Å². The van der Waals surface area contributed by atoms with Crippen LogP contribution in [0.25, 0.3) is 11.0 Å². The Morgan fingerprint density at radius 3 is 2.75 bits per heavy atom. The van der Waals surface area contributed by atoms with E-state index < -0.39 is 0 Å². The van der Waals surface area contributed by atoms with E-state index >= 15 is 0 Å². The Hall–Kier alpha value is -2.16. The number of hydrogen-bond acceptors (Lipinski definition) is 2. The minimum Gasteiger partial charge on any atom is -0.322 e. The fraction of sp³-hybridized carbons (Fsp3) is 0.294. The molecule has 0 unspecified atom stereocenters. The van der Waals surface area contributed by atoms with Gasteiger partial charge in [-0.2, -0.15) is 0 Å². The largest absolute Gasteiger partial charge is 0.322 e. The number of fused-ring (bicyclic) bond motifs is 1. The van der Waals surface area contributed by atoms with Gasteiger partial charge >= 0.3 is 0 Å². The lowest BCUT2D eigenvalue weighted by Gasteiger charge is -2.09. The Morgan fingerprint density at radius 1 is 1.10 bits per heavy atom. The highest BCUT2D eigenvalue weighted by Gasteiger charge is 2.10. The van der Waals surface area contributed by atoms with Crippen molar-refractivity contribution in [2.45, 2.75) is 32.7 Å². The molecule has 3 nitrogen and oxygen atoms in total. The van der Waals surface area contributed by atoms with E-state index in [2.05, 4.69) is 46.8 Å². The van der Waals surface area contributed by atoms with Crippen LogP contribution in [0.15, 0.2) is 48.8 Å². The highest BCUT2D eigenvalue weighted by molar-refractivity contribution is 5.74. The lowest BCUT2D eigenvalue weighted by atomic mass is 10.2. The Kier molecular flexibility index (Phi) is 3.77. The summed E-state index contributed by atoms with van der Waals surface area (Å²) in [6.45, 7) is 3.08. The molecule has 20 heavy (non-hydrogen) atoms. The number of pyridine rings is 1. The van der Waals surface area contributed by atoms with E-state index in [0.29, 0.717) is 0 Å². The highest BCUT2D eigenvalue weighted by atomic mass is 15.1. The monoisotopic (exact) mass is 265 g/mol. The molecule has 3 aromatic rings. The highest BCUT2D eigenvalue weighted by Crippen LogP contribution is 2.18. The summed E-state index contributed by atoms with van der Waals surface area (Å²) in [7, 11) is 0. The first-order valence-electron chi connectivity index (χ1n) is 7.21. The van der Waals surface area contributed by atoms with Gasteiger partial charge < -0.3 is 4.57 Å². The predicted octanol–water partition coefficient (Wildman–Crippen LogP) is 3.82. The molecule has 2 aromatic heterocycles. The Morgan fingerprint density at radius 2 is 1.95 bits per heavy atom. The molecule has 3 rings (SSSR count). The normalized spacial score (nSPS) is 11.1. The number of nitrogens with zero attached hydrogens (tertiary/aromatic N) is 3. The van der Waals surface area contributed by atoms with Gasteiger partial charge in [-0.25, -0.2) is 4.98 Å². The Balaban J connectivity index is 2.01. The van der Waals surface area contributed by atoms with Crippen LogP contribution in [0.5, 0.6) is 0 Å². The third kappa shape index (κ3) is 2.57. The van der Waals surface area contributed by atoms with Crippen LogP contribution in [0.1, 0.15) is 31.2 Å². The van der Waals surface area contributed by atoms with Crippen LogP contribution in [0, 0.1) is 0 Å². The number of aromatic nitrogens is 3. The number of rotatable bonds is 5. The van der Waals surface area contributed by atoms with Gasteiger partial charge in [-0.05, 0) is 18.1 Å². The molecule has 1 aromatic carbocycles. The lowest BCUT2D eigenvalue weighted by molar-refractivity contribution is 0.689. The van der Waals surface area contributed by atoms with Gasteiger partial charge in [0.1, 0.15) is 5.82 Å². The smallest absolute Gasteiger partial charge is 0.110 e. The maximum atomic E-state index is 4.77. The van der Waals surface area contributed by atoms with Gasteiger partial charge in [-0.3, -0.25) is 4.98 Å². The maximum Gasteiger partial charge on any atom is 0.110 e. The number of hydrogen-bond donors (Lipinski definition) is 0. The van der Waals surface area contributed by atoms with Crippen molar-refractivity contribution >= 4 is 11.0 Å². The second-order valence-electron chi connectivity index (χ2n) is 5.07. The van der Waals surface area contributed by atoms with Gasteiger partial charge in [0.05, 0.1) is 17.2 Å². The fourth-order valence-electron chi connectivity index (χ4n) is 2.49. The molecule has 0 fully saturated rings. The van der Waals surface area contributed by atoms with Crippen molar-refractivity contribution in [3.8, 4) is 0 Å². The van der Waals surface area contributed by atoms with E-state index in [0.717, 1.165) is 24.0 Å². The molecule has 0 aliphatic rings. The number of aryl methyl sites for hydroxylation is 1. The molecule has 0 radical (unpaired) electrons. The van der Waals surface area contributed by atoms with Crippen molar-refractivity contribution in [3.05, 3.63) is 60.2 Å². The van der Waals surface area contributed by atoms with E-state index in [1.54, 1.807) is 0 Å². The van der Waals surface area contributed by atoms with E-state index in [-0.39, 0.29) is 0 Å². The van der Waals surface area contributed by atoms with E-state index in [1.807, 2.05) is 18.5 Å². The maximum absolute atomic E-state index is 4.77. The molecule has 0 aliphatic carbocycles.